The fourth-order valence-electron chi connectivity index (χ4n) is 2.70. The van der Waals surface area contributed by atoms with Crippen LogP contribution in [0, 0.1) is 12.8 Å². The van der Waals surface area contributed by atoms with E-state index in [9.17, 15) is 14.7 Å². The maximum atomic E-state index is 12.3. The summed E-state index contributed by atoms with van der Waals surface area (Å²) in [6.45, 7) is 2.24. The highest BCUT2D eigenvalue weighted by Gasteiger charge is 2.28. The molecule has 19 heavy (non-hydrogen) atoms. The largest absolute Gasteiger partial charge is 0.393 e. The zero-order valence-corrected chi connectivity index (χ0v) is 11.3. The molecule has 1 saturated carbocycles. The molecule has 2 rings (SSSR count). The Kier molecular flexibility index (Phi) is 4.04. The van der Waals surface area contributed by atoms with E-state index in [0.29, 0.717) is 12.1 Å². The van der Waals surface area contributed by atoms with E-state index in [1.54, 1.807) is 20.0 Å². The van der Waals surface area contributed by atoms with Gasteiger partial charge in [0.15, 0.2) is 0 Å². The van der Waals surface area contributed by atoms with E-state index in [0.717, 1.165) is 19.3 Å². The second-order valence-corrected chi connectivity index (χ2v) is 5.31. The average molecular weight is 264 g/mol. The summed E-state index contributed by atoms with van der Waals surface area (Å²) < 4.78 is 0. The summed E-state index contributed by atoms with van der Waals surface area (Å²) in [4.78, 5) is 28.1. The quantitative estimate of drug-likeness (QED) is 0.852. The number of aliphatic hydroxyl groups is 1. The first-order valence-electron chi connectivity index (χ1n) is 6.62. The molecule has 2 atom stereocenters. The van der Waals surface area contributed by atoms with Gasteiger partial charge in [0.05, 0.1) is 6.10 Å². The SMILES string of the molecule is Cc1cc[nH]c(=O)c1C(=O)N(C)CC1CCCC1O. The van der Waals surface area contributed by atoms with Gasteiger partial charge in [-0.1, -0.05) is 6.42 Å². The van der Waals surface area contributed by atoms with Crippen LogP contribution in [0.2, 0.25) is 0 Å². The van der Waals surface area contributed by atoms with Gasteiger partial charge in [-0.15, -0.1) is 0 Å². The first kappa shape index (κ1) is 13.8. The Hall–Kier alpha value is -1.62. The zero-order valence-electron chi connectivity index (χ0n) is 11.3. The molecule has 2 N–H and O–H groups in total. The summed E-state index contributed by atoms with van der Waals surface area (Å²) in [5.41, 5.74) is 0.508. The minimum absolute atomic E-state index is 0.122. The number of carbonyl (C=O) groups is 1. The Bertz CT molecular complexity index is 524. The van der Waals surface area contributed by atoms with E-state index in [1.165, 1.54) is 11.1 Å². The number of H-pyrrole nitrogens is 1. The number of aromatic nitrogens is 1. The third-order valence-corrected chi connectivity index (χ3v) is 3.86. The lowest BCUT2D eigenvalue weighted by Crippen LogP contribution is -2.37. The standard InChI is InChI=1S/C14H20N2O3/c1-9-6-7-15-13(18)12(9)14(19)16(2)8-10-4-3-5-11(10)17/h6-7,10-11,17H,3-5,8H2,1-2H3,(H,15,18). The van der Waals surface area contributed by atoms with Gasteiger partial charge >= 0.3 is 0 Å². The fraction of sp³-hybridized carbons (Fsp3) is 0.571. The monoisotopic (exact) mass is 264 g/mol. The van der Waals surface area contributed by atoms with Gasteiger partial charge in [0.2, 0.25) is 0 Å². The molecule has 1 aromatic heterocycles. The molecule has 0 spiro atoms. The van der Waals surface area contributed by atoms with Crippen LogP contribution in [-0.2, 0) is 0 Å². The molecule has 0 saturated heterocycles. The van der Waals surface area contributed by atoms with Gasteiger partial charge in [0.1, 0.15) is 5.56 Å². The summed E-state index contributed by atoms with van der Waals surface area (Å²) in [5.74, 6) is -0.157. The molecule has 1 aliphatic carbocycles. The van der Waals surface area contributed by atoms with Crippen LogP contribution in [0.15, 0.2) is 17.1 Å². The smallest absolute Gasteiger partial charge is 0.261 e. The summed E-state index contributed by atoms with van der Waals surface area (Å²) in [7, 11) is 1.68. The molecule has 0 radical (unpaired) electrons. The average Bonchev–Trinajstić information content (AvgIpc) is 2.74. The van der Waals surface area contributed by atoms with E-state index in [4.69, 9.17) is 0 Å². The Labute approximate surface area is 112 Å². The van der Waals surface area contributed by atoms with Crippen molar-refractivity contribution < 1.29 is 9.90 Å². The number of amides is 1. The second-order valence-electron chi connectivity index (χ2n) is 5.31. The lowest BCUT2D eigenvalue weighted by atomic mass is 10.0. The second kappa shape index (κ2) is 5.57. The van der Waals surface area contributed by atoms with E-state index in [1.807, 2.05) is 0 Å². The number of nitrogens with zero attached hydrogens (tertiary/aromatic N) is 1. The van der Waals surface area contributed by atoms with Crippen molar-refractivity contribution in [3.05, 3.63) is 33.7 Å². The number of hydrogen-bond acceptors (Lipinski definition) is 3. The molecule has 1 aliphatic rings. The third kappa shape index (κ3) is 2.87. The maximum absolute atomic E-state index is 12.3. The predicted octanol–water partition coefficient (Wildman–Crippen LogP) is 0.916. The van der Waals surface area contributed by atoms with E-state index in [2.05, 4.69) is 4.98 Å². The van der Waals surface area contributed by atoms with Crippen LogP contribution in [0.3, 0.4) is 0 Å². The first-order chi connectivity index (χ1) is 9.00. The van der Waals surface area contributed by atoms with Crippen molar-refractivity contribution in [3.8, 4) is 0 Å². The molecule has 2 unspecified atom stereocenters. The van der Waals surface area contributed by atoms with Crippen molar-refractivity contribution in [1.82, 2.24) is 9.88 Å². The van der Waals surface area contributed by atoms with Crippen LogP contribution in [0.5, 0.6) is 0 Å². The minimum atomic E-state index is -0.358. The third-order valence-electron chi connectivity index (χ3n) is 3.86. The molecule has 0 aromatic carbocycles. The Morgan fingerprint density at radius 2 is 2.26 bits per heavy atom. The molecular formula is C14H20N2O3. The van der Waals surface area contributed by atoms with Crippen LogP contribution in [0.1, 0.15) is 35.2 Å². The van der Waals surface area contributed by atoms with Gasteiger partial charge in [-0.05, 0) is 31.4 Å². The molecule has 1 aromatic rings. The van der Waals surface area contributed by atoms with E-state index >= 15 is 0 Å². The molecule has 5 heteroatoms. The number of aromatic amines is 1. The minimum Gasteiger partial charge on any atom is -0.393 e. The van der Waals surface area contributed by atoms with Gasteiger partial charge in [-0.3, -0.25) is 9.59 Å². The molecule has 1 amide bonds. The number of carbonyl (C=O) groups excluding carboxylic acids is 1. The zero-order chi connectivity index (χ0) is 14.0. The normalized spacial score (nSPS) is 22.5. The predicted molar refractivity (Wildman–Crippen MR) is 72.1 cm³/mol. The first-order valence-corrected chi connectivity index (χ1v) is 6.62. The molecule has 5 nitrogen and oxygen atoms in total. The van der Waals surface area contributed by atoms with Gasteiger partial charge < -0.3 is 15.0 Å². The molecular weight excluding hydrogens is 244 g/mol. The van der Waals surface area contributed by atoms with E-state index < -0.39 is 0 Å². The highest BCUT2D eigenvalue weighted by atomic mass is 16.3. The maximum Gasteiger partial charge on any atom is 0.261 e. The van der Waals surface area contributed by atoms with Crippen molar-refractivity contribution in [2.75, 3.05) is 13.6 Å². The van der Waals surface area contributed by atoms with Crippen molar-refractivity contribution in [1.29, 1.82) is 0 Å². The Morgan fingerprint density at radius 3 is 2.84 bits per heavy atom. The number of nitrogens with one attached hydrogen (secondary N) is 1. The van der Waals surface area contributed by atoms with Gasteiger partial charge in [0.25, 0.3) is 11.5 Å². The van der Waals surface area contributed by atoms with Crippen molar-refractivity contribution >= 4 is 5.91 Å². The summed E-state index contributed by atoms with van der Waals surface area (Å²) in [5, 5.41) is 9.79. The van der Waals surface area contributed by atoms with Crippen LogP contribution >= 0.6 is 0 Å². The topological polar surface area (TPSA) is 73.4 Å². The van der Waals surface area contributed by atoms with Crippen LogP contribution in [-0.4, -0.2) is 40.6 Å². The summed E-state index contributed by atoms with van der Waals surface area (Å²) in [6, 6.07) is 1.72. The highest BCUT2D eigenvalue weighted by molar-refractivity contribution is 5.95. The Balaban J connectivity index is 2.13. The summed E-state index contributed by atoms with van der Waals surface area (Å²) >= 11 is 0. The van der Waals surface area contributed by atoms with Crippen LogP contribution < -0.4 is 5.56 Å². The van der Waals surface area contributed by atoms with Gasteiger partial charge in [0, 0.05) is 25.7 Å². The van der Waals surface area contributed by atoms with Crippen molar-refractivity contribution in [3.63, 3.8) is 0 Å². The van der Waals surface area contributed by atoms with Gasteiger partial charge in [-0.2, -0.15) is 0 Å². The molecule has 0 bridgehead atoms. The number of hydrogen-bond donors (Lipinski definition) is 2. The number of aryl methyl sites for hydroxylation is 1. The van der Waals surface area contributed by atoms with Crippen molar-refractivity contribution in [2.24, 2.45) is 5.92 Å². The number of pyridine rings is 1. The summed E-state index contributed by atoms with van der Waals surface area (Å²) in [6.07, 6.45) is 3.94. The van der Waals surface area contributed by atoms with Crippen LogP contribution in [0.25, 0.3) is 0 Å². The van der Waals surface area contributed by atoms with E-state index in [-0.39, 0.29) is 29.1 Å². The van der Waals surface area contributed by atoms with Gasteiger partial charge in [-0.25, -0.2) is 0 Å². The lowest BCUT2D eigenvalue weighted by Gasteiger charge is -2.23. The number of aliphatic hydroxyl groups excluding tert-OH is 1. The van der Waals surface area contributed by atoms with Crippen molar-refractivity contribution in [2.45, 2.75) is 32.3 Å². The molecule has 0 aliphatic heterocycles. The van der Waals surface area contributed by atoms with Crippen LogP contribution in [0.4, 0.5) is 0 Å². The molecule has 1 heterocycles. The number of rotatable bonds is 3. The molecule has 1 fully saturated rings. The molecule has 104 valence electrons. The lowest BCUT2D eigenvalue weighted by molar-refractivity contribution is 0.0691. The fourth-order valence-corrected chi connectivity index (χ4v) is 2.70. The highest BCUT2D eigenvalue weighted by Crippen LogP contribution is 2.26. The Morgan fingerprint density at radius 1 is 1.53 bits per heavy atom.